The summed E-state index contributed by atoms with van der Waals surface area (Å²) in [4.78, 5) is 0. The van der Waals surface area contributed by atoms with Gasteiger partial charge in [0.25, 0.3) is 0 Å². The average molecular weight is 320 g/mol. The normalized spacial score (nSPS) is 13.7. The molecule has 0 bridgehead atoms. The van der Waals surface area contributed by atoms with Gasteiger partial charge in [-0.2, -0.15) is 0 Å². The average Bonchev–Trinajstić information content (AvgIpc) is 2.59. The van der Waals surface area contributed by atoms with Crippen molar-refractivity contribution < 1.29 is 4.74 Å². The summed E-state index contributed by atoms with van der Waals surface area (Å²) >= 11 is 0. The van der Waals surface area contributed by atoms with Crippen LogP contribution in [0.4, 0.5) is 0 Å². The summed E-state index contributed by atoms with van der Waals surface area (Å²) in [6.07, 6.45) is 9.12. The molecule has 0 aromatic heterocycles. The largest absolute Gasteiger partial charge is 0.489 e. The van der Waals surface area contributed by atoms with Gasteiger partial charge in [0.2, 0.25) is 0 Å². The van der Waals surface area contributed by atoms with Gasteiger partial charge in [-0.1, -0.05) is 71.6 Å². The highest BCUT2D eigenvalue weighted by Gasteiger charge is 2.13. The lowest BCUT2D eigenvalue weighted by Gasteiger charge is -2.22. The summed E-state index contributed by atoms with van der Waals surface area (Å²) < 4.78 is 6.30. The van der Waals surface area contributed by atoms with Crippen LogP contribution in [0.3, 0.4) is 0 Å². The Morgan fingerprint density at radius 1 is 0.957 bits per heavy atom. The van der Waals surface area contributed by atoms with Gasteiger partial charge in [0.1, 0.15) is 11.9 Å². The molecular formula is C21H37NO. The number of benzene rings is 1. The second kappa shape index (κ2) is 12.4. The molecule has 1 rings (SSSR count). The fourth-order valence-corrected chi connectivity index (χ4v) is 2.78. The van der Waals surface area contributed by atoms with E-state index >= 15 is 0 Å². The predicted octanol–water partition coefficient (Wildman–Crippen LogP) is 5.92. The van der Waals surface area contributed by atoms with E-state index in [1.165, 1.54) is 37.7 Å². The molecule has 0 amide bonds. The van der Waals surface area contributed by atoms with Crippen molar-refractivity contribution in [3.05, 3.63) is 29.8 Å². The lowest BCUT2D eigenvalue weighted by atomic mass is 9.98. The maximum Gasteiger partial charge on any atom is 0.123 e. The summed E-state index contributed by atoms with van der Waals surface area (Å²) in [7, 11) is 0. The molecule has 0 aliphatic carbocycles. The Hall–Kier alpha value is -1.02. The molecule has 1 N–H and O–H groups in total. The monoisotopic (exact) mass is 319 g/mol. The zero-order chi connectivity index (χ0) is 16.9. The summed E-state index contributed by atoms with van der Waals surface area (Å²) in [5, 5.41) is 3.57. The molecule has 1 aromatic carbocycles. The molecular weight excluding hydrogens is 282 g/mol. The van der Waals surface area contributed by atoms with Gasteiger partial charge in [-0.25, -0.2) is 0 Å². The zero-order valence-electron chi connectivity index (χ0n) is 15.7. The SMILES string of the molecule is CCCCCCCNCC(CC)Oc1ccccc1C(C)CC. The maximum absolute atomic E-state index is 6.30. The number of hydrogen-bond acceptors (Lipinski definition) is 2. The third-order valence-electron chi connectivity index (χ3n) is 4.64. The van der Waals surface area contributed by atoms with E-state index in [1.54, 1.807) is 0 Å². The first-order valence-corrected chi connectivity index (χ1v) is 9.69. The van der Waals surface area contributed by atoms with Crippen molar-refractivity contribution in [1.29, 1.82) is 0 Å². The molecule has 0 spiro atoms. The van der Waals surface area contributed by atoms with Crippen LogP contribution in [0.25, 0.3) is 0 Å². The van der Waals surface area contributed by atoms with Crippen molar-refractivity contribution >= 4 is 0 Å². The van der Waals surface area contributed by atoms with Crippen molar-refractivity contribution in [3.63, 3.8) is 0 Å². The summed E-state index contributed by atoms with van der Waals surface area (Å²) in [6, 6.07) is 8.52. The molecule has 1 aromatic rings. The number of hydrogen-bond donors (Lipinski definition) is 1. The lowest BCUT2D eigenvalue weighted by Crippen LogP contribution is -2.31. The van der Waals surface area contributed by atoms with Crippen LogP contribution in [0.5, 0.6) is 5.75 Å². The Bertz CT molecular complexity index is 405. The molecule has 0 fully saturated rings. The summed E-state index contributed by atoms with van der Waals surface area (Å²) in [6.45, 7) is 11.0. The van der Waals surface area contributed by atoms with Crippen LogP contribution in [-0.4, -0.2) is 19.2 Å². The molecule has 2 nitrogen and oxygen atoms in total. The minimum absolute atomic E-state index is 0.260. The Balaban J connectivity index is 2.39. The number of unbranched alkanes of at least 4 members (excludes halogenated alkanes) is 4. The topological polar surface area (TPSA) is 21.3 Å². The van der Waals surface area contributed by atoms with E-state index in [4.69, 9.17) is 4.74 Å². The van der Waals surface area contributed by atoms with Crippen LogP contribution in [0.2, 0.25) is 0 Å². The smallest absolute Gasteiger partial charge is 0.123 e. The van der Waals surface area contributed by atoms with Crippen LogP contribution in [0.15, 0.2) is 24.3 Å². The Labute approximate surface area is 144 Å². The molecule has 23 heavy (non-hydrogen) atoms. The van der Waals surface area contributed by atoms with Crippen LogP contribution in [0.1, 0.15) is 84.1 Å². The molecule has 0 radical (unpaired) electrons. The molecule has 2 unspecified atom stereocenters. The maximum atomic E-state index is 6.30. The Morgan fingerprint density at radius 2 is 1.70 bits per heavy atom. The molecule has 0 saturated carbocycles. The molecule has 0 heterocycles. The highest BCUT2D eigenvalue weighted by molar-refractivity contribution is 5.36. The van der Waals surface area contributed by atoms with Gasteiger partial charge in [-0.05, 0) is 43.4 Å². The minimum atomic E-state index is 0.260. The third kappa shape index (κ3) is 7.87. The number of rotatable bonds is 13. The van der Waals surface area contributed by atoms with Crippen LogP contribution >= 0.6 is 0 Å². The molecule has 0 aliphatic heterocycles. The zero-order valence-corrected chi connectivity index (χ0v) is 15.7. The number of para-hydroxylation sites is 1. The van der Waals surface area contributed by atoms with Crippen molar-refractivity contribution in [2.24, 2.45) is 0 Å². The second-order valence-electron chi connectivity index (χ2n) is 6.61. The molecule has 0 saturated heterocycles. The van der Waals surface area contributed by atoms with Crippen LogP contribution in [-0.2, 0) is 0 Å². The summed E-state index contributed by atoms with van der Waals surface area (Å²) in [5.74, 6) is 1.62. The number of nitrogens with one attached hydrogen (secondary N) is 1. The van der Waals surface area contributed by atoms with Gasteiger partial charge < -0.3 is 10.1 Å². The van der Waals surface area contributed by atoms with E-state index in [1.807, 2.05) is 0 Å². The van der Waals surface area contributed by atoms with Crippen molar-refractivity contribution in [2.75, 3.05) is 13.1 Å². The Kier molecular flexibility index (Phi) is 10.8. The number of ether oxygens (including phenoxy) is 1. The first-order chi connectivity index (χ1) is 11.2. The highest BCUT2D eigenvalue weighted by Crippen LogP contribution is 2.29. The highest BCUT2D eigenvalue weighted by atomic mass is 16.5. The van der Waals surface area contributed by atoms with E-state index in [-0.39, 0.29) is 6.10 Å². The standard InChI is InChI=1S/C21H37NO/c1-5-8-9-10-13-16-22-17-19(7-3)23-21-15-12-11-14-20(21)18(4)6-2/h11-12,14-15,18-19,22H,5-10,13,16-17H2,1-4H3. The molecule has 0 aliphatic rings. The molecule has 2 atom stereocenters. The van der Waals surface area contributed by atoms with Gasteiger partial charge >= 0.3 is 0 Å². The summed E-state index contributed by atoms with van der Waals surface area (Å²) in [5.41, 5.74) is 1.34. The second-order valence-corrected chi connectivity index (χ2v) is 6.61. The van der Waals surface area contributed by atoms with E-state index in [0.29, 0.717) is 5.92 Å². The van der Waals surface area contributed by atoms with Gasteiger partial charge in [0.05, 0.1) is 0 Å². The van der Waals surface area contributed by atoms with E-state index < -0.39 is 0 Å². The fraction of sp³-hybridized carbons (Fsp3) is 0.714. The molecule has 132 valence electrons. The lowest BCUT2D eigenvalue weighted by molar-refractivity contribution is 0.190. The first-order valence-electron chi connectivity index (χ1n) is 9.69. The van der Waals surface area contributed by atoms with Crippen LogP contribution < -0.4 is 10.1 Å². The van der Waals surface area contributed by atoms with Crippen molar-refractivity contribution in [1.82, 2.24) is 5.32 Å². The quantitative estimate of drug-likeness (QED) is 0.456. The van der Waals surface area contributed by atoms with Gasteiger partial charge in [-0.3, -0.25) is 0 Å². The van der Waals surface area contributed by atoms with E-state index in [9.17, 15) is 0 Å². The van der Waals surface area contributed by atoms with E-state index in [0.717, 1.165) is 31.7 Å². The van der Waals surface area contributed by atoms with Gasteiger partial charge in [0.15, 0.2) is 0 Å². The predicted molar refractivity (Wildman–Crippen MR) is 101 cm³/mol. The van der Waals surface area contributed by atoms with Crippen molar-refractivity contribution in [3.8, 4) is 5.75 Å². The minimum Gasteiger partial charge on any atom is -0.489 e. The Morgan fingerprint density at radius 3 is 2.39 bits per heavy atom. The third-order valence-corrected chi connectivity index (χ3v) is 4.64. The van der Waals surface area contributed by atoms with Crippen molar-refractivity contribution in [2.45, 2.75) is 84.7 Å². The van der Waals surface area contributed by atoms with E-state index in [2.05, 4.69) is 57.3 Å². The first kappa shape index (κ1) is 20.0. The van der Waals surface area contributed by atoms with Gasteiger partial charge in [-0.15, -0.1) is 0 Å². The van der Waals surface area contributed by atoms with Gasteiger partial charge in [0, 0.05) is 6.54 Å². The fourth-order valence-electron chi connectivity index (χ4n) is 2.78. The molecule has 2 heteroatoms. The van der Waals surface area contributed by atoms with Crippen LogP contribution in [0, 0.1) is 0 Å².